The third kappa shape index (κ3) is 5.62. The Morgan fingerprint density at radius 3 is 2.57 bits per heavy atom. The predicted molar refractivity (Wildman–Crippen MR) is 120 cm³/mol. The molecule has 4 rings (SSSR count). The molecule has 2 aromatic heterocycles. The van der Waals surface area contributed by atoms with Crippen LogP contribution in [0.1, 0.15) is 28.7 Å². The van der Waals surface area contributed by atoms with E-state index in [9.17, 15) is 14.0 Å². The van der Waals surface area contributed by atoms with Gasteiger partial charge in [0.15, 0.2) is 5.69 Å². The normalized spacial score (nSPS) is 10.9. The maximum Gasteiger partial charge on any atom is 0.293 e. The van der Waals surface area contributed by atoms with Gasteiger partial charge in [-0.25, -0.2) is 14.4 Å². The second-order valence-corrected chi connectivity index (χ2v) is 7.01. The van der Waals surface area contributed by atoms with Gasteiger partial charge in [0.2, 0.25) is 17.5 Å². The van der Waals surface area contributed by atoms with E-state index in [0.29, 0.717) is 17.0 Å². The van der Waals surface area contributed by atoms with Crippen LogP contribution in [-0.2, 0) is 11.4 Å². The molecule has 178 valence electrons. The summed E-state index contributed by atoms with van der Waals surface area (Å²) in [6, 6.07) is 12.1. The number of nitrogens with one attached hydrogen (secondary N) is 2. The zero-order chi connectivity index (χ0) is 24.8. The number of hydrogen-bond donors (Lipinski definition) is 3. The van der Waals surface area contributed by atoms with Crippen molar-refractivity contribution >= 4 is 29.5 Å². The molecule has 2 amide bonds. The van der Waals surface area contributed by atoms with Gasteiger partial charge in [-0.1, -0.05) is 17.3 Å². The molecule has 0 radical (unpaired) electrons. The minimum absolute atomic E-state index is 0.0111. The molecule has 0 aliphatic rings. The number of ether oxygens (including phenoxy) is 1. The Bertz CT molecular complexity index is 1360. The molecule has 0 bridgehead atoms. The maximum atomic E-state index is 13.2. The fraction of sp³-hybridized carbons (Fsp3) is 0.0952. The summed E-state index contributed by atoms with van der Waals surface area (Å²) in [5.41, 5.74) is 9.46. The minimum atomic E-state index is -0.685. The largest absolute Gasteiger partial charge is 0.487 e. The number of aromatic nitrogens is 5. The SMILES string of the molecule is CC(=O)Nc1ccc(/C=N/NC(=O)c2nnn(-c3nonc3N)c2COc2ccc(F)cc2)cc1. The second kappa shape index (κ2) is 10.2. The molecule has 0 spiro atoms. The van der Waals surface area contributed by atoms with Gasteiger partial charge in [-0.15, -0.1) is 5.10 Å². The molecule has 2 heterocycles. The molecule has 0 fully saturated rings. The quantitative estimate of drug-likeness (QED) is 0.251. The van der Waals surface area contributed by atoms with Gasteiger partial charge < -0.3 is 15.8 Å². The first kappa shape index (κ1) is 23.0. The summed E-state index contributed by atoms with van der Waals surface area (Å²) in [6.07, 6.45) is 1.41. The fourth-order valence-electron chi connectivity index (χ4n) is 2.87. The molecule has 14 heteroatoms. The molecule has 2 aromatic carbocycles. The van der Waals surface area contributed by atoms with Crippen molar-refractivity contribution in [1.29, 1.82) is 0 Å². The van der Waals surface area contributed by atoms with Gasteiger partial charge in [0, 0.05) is 12.6 Å². The summed E-state index contributed by atoms with van der Waals surface area (Å²) < 4.78 is 24.6. The lowest BCUT2D eigenvalue weighted by atomic mass is 10.2. The van der Waals surface area contributed by atoms with Crippen LogP contribution in [0.2, 0.25) is 0 Å². The first-order chi connectivity index (χ1) is 16.9. The Hall–Kier alpha value is -5.14. The van der Waals surface area contributed by atoms with Crippen molar-refractivity contribution in [3.63, 3.8) is 0 Å². The van der Waals surface area contributed by atoms with Crippen molar-refractivity contribution in [3.05, 3.63) is 71.3 Å². The molecule has 0 saturated carbocycles. The highest BCUT2D eigenvalue weighted by Crippen LogP contribution is 2.19. The van der Waals surface area contributed by atoms with E-state index in [0.717, 1.165) is 4.68 Å². The number of amides is 2. The fourth-order valence-corrected chi connectivity index (χ4v) is 2.87. The third-order valence-corrected chi connectivity index (χ3v) is 4.47. The first-order valence-corrected chi connectivity index (χ1v) is 10.0. The summed E-state index contributed by atoms with van der Waals surface area (Å²) in [5, 5.41) is 21.5. The highest BCUT2D eigenvalue weighted by atomic mass is 19.1. The summed E-state index contributed by atoms with van der Waals surface area (Å²) in [6.45, 7) is 1.22. The van der Waals surface area contributed by atoms with Crippen LogP contribution in [0.25, 0.3) is 5.82 Å². The lowest BCUT2D eigenvalue weighted by Gasteiger charge is -2.08. The Labute approximate surface area is 196 Å². The average molecular weight is 479 g/mol. The summed E-state index contributed by atoms with van der Waals surface area (Å²) >= 11 is 0. The number of nitrogen functional groups attached to an aromatic ring is 1. The topological polar surface area (TPSA) is 175 Å². The smallest absolute Gasteiger partial charge is 0.293 e. The van der Waals surface area contributed by atoms with E-state index in [1.54, 1.807) is 24.3 Å². The number of anilines is 2. The number of nitrogens with zero attached hydrogens (tertiary/aromatic N) is 6. The third-order valence-electron chi connectivity index (χ3n) is 4.47. The Morgan fingerprint density at radius 2 is 1.91 bits per heavy atom. The van der Waals surface area contributed by atoms with Gasteiger partial charge in [0.25, 0.3) is 5.91 Å². The molecular weight excluding hydrogens is 461 g/mol. The van der Waals surface area contributed by atoms with Crippen LogP contribution in [0.5, 0.6) is 5.75 Å². The lowest BCUT2D eigenvalue weighted by Crippen LogP contribution is -2.21. The van der Waals surface area contributed by atoms with E-state index in [1.165, 1.54) is 37.4 Å². The number of hydrogen-bond acceptors (Lipinski definition) is 10. The molecule has 0 unspecified atom stereocenters. The number of benzene rings is 2. The second-order valence-electron chi connectivity index (χ2n) is 7.01. The van der Waals surface area contributed by atoms with Crippen LogP contribution >= 0.6 is 0 Å². The molecule has 4 aromatic rings. The number of carbonyl (C=O) groups excluding carboxylic acids is 2. The van der Waals surface area contributed by atoms with Gasteiger partial charge in [0.05, 0.1) is 6.21 Å². The van der Waals surface area contributed by atoms with E-state index < -0.39 is 11.7 Å². The van der Waals surface area contributed by atoms with Gasteiger partial charge in [-0.05, 0) is 52.3 Å². The Balaban J connectivity index is 1.51. The van der Waals surface area contributed by atoms with Crippen LogP contribution in [0.15, 0.2) is 58.3 Å². The van der Waals surface area contributed by atoms with Crippen molar-refractivity contribution in [2.24, 2.45) is 5.10 Å². The van der Waals surface area contributed by atoms with Crippen molar-refractivity contribution in [1.82, 2.24) is 30.7 Å². The van der Waals surface area contributed by atoms with Crippen molar-refractivity contribution in [3.8, 4) is 11.6 Å². The highest BCUT2D eigenvalue weighted by molar-refractivity contribution is 5.94. The molecule has 4 N–H and O–H groups in total. The molecule has 13 nitrogen and oxygen atoms in total. The van der Waals surface area contributed by atoms with Gasteiger partial charge in [0.1, 0.15) is 23.9 Å². The van der Waals surface area contributed by atoms with Crippen molar-refractivity contribution in [2.75, 3.05) is 11.1 Å². The van der Waals surface area contributed by atoms with Crippen LogP contribution in [0.4, 0.5) is 15.9 Å². The number of rotatable bonds is 8. The molecule has 0 aliphatic heterocycles. The molecule has 0 aliphatic carbocycles. The van der Waals surface area contributed by atoms with Gasteiger partial charge in [-0.3, -0.25) is 9.59 Å². The van der Waals surface area contributed by atoms with E-state index in [-0.39, 0.29) is 35.5 Å². The van der Waals surface area contributed by atoms with Gasteiger partial charge in [-0.2, -0.15) is 9.78 Å². The minimum Gasteiger partial charge on any atom is -0.487 e. The molecule has 0 atom stereocenters. The van der Waals surface area contributed by atoms with Crippen molar-refractivity contribution < 1.29 is 23.3 Å². The number of nitrogens with two attached hydrogens (primary N) is 1. The lowest BCUT2D eigenvalue weighted by molar-refractivity contribution is -0.114. The summed E-state index contributed by atoms with van der Waals surface area (Å²) in [7, 11) is 0. The van der Waals surface area contributed by atoms with Gasteiger partial charge >= 0.3 is 0 Å². The number of hydrazone groups is 1. The summed E-state index contributed by atoms with van der Waals surface area (Å²) in [5.74, 6) is -1.02. The van der Waals surface area contributed by atoms with Crippen LogP contribution < -0.4 is 21.2 Å². The van der Waals surface area contributed by atoms with E-state index in [4.69, 9.17) is 10.5 Å². The number of carbonyl (C=O) groups is 2. The maximum absolute atomic E-state index is 13.2. The monoisotopic (exact) mass is 479 g/mol. The molecule has 0 saturated heterocycles. The zero-order valence-electron chi connectivity index (χ0n) is 18.2. The molecule has 35 heavy (non-hydrogen) atoms. The Morgan fingerprint density at radius 1 is 1.17 bits per heavy atom. The zero-order valence-corrected chi connectivity index (χ0v) is 18.2. The van der Waals surface area contributed by atoms with Crippen LogP contribution in [-0.4, -0.2) is 43.3 Å². The molecular formula is C21H18FN9O4. The predicted octanol–water partition coefficient (Wildman–Crippen LogP) is 1.67. The van der Waals surface area contributed by atoms with Crippen molar-refractivity contribution in [2.45, 2.75) is 13.5 Å². The standard InChI is InChI=1S/C21H18FN9O4/c1-12(32)25-15-6-2-13(3-7-15)10-24-27-21(33)18-17(11-34-16-8-4-14(22)5-9-16)31(30-26-18)20-19(23)28-35-29-20/h2-10H,11H2,1H3,(H2,23,28)(H,25,32)(H,27,33)/b24-10+. The van der Waals surface area contributed by atoms with Crippen LogP contribution in [0, 0.1) is 5.82 Å². The highest BCUT2D eigenvalue weighted by Gasteiger charge is 2.24. The average Bonchev–Trinajstić information content (AvgIpc) is 3.45. The Kier molecular flexibility index (Phi) is 6.71. The van der Waals surface area contributed by atoms with Crippen LogP contribution in [0.3, 0.4) is 0 Å². The van der Waals surface area contributed by atoms with E-state index in [2.05, 4.69) is 41.1 Å². The van der Waals surface area contributed by atoms with E-state index >= 15 is 0 Å². The first-order valence-electron chi connectivity index (χ1n) is 10.0. The summed E-state index contributed by atoms with van der Waals surface area (Å²) in [4.78, 5) is 23.9. The van der Waals surface area contributed by atoms with E-state index in [1.807, 2.05) is 0 Å². The number of halogens is 1.